The van der Waals surface area contributed by atoms with E-state index in [9.17, 15) is 4.79 Å². The van der Waals surface area contributed by atoms with Gasteiger partial charge in [0.05, 0.1) is 6.54 Å². The van der Waals surface area contributed by atoms with Gasteiger partial charge in [0.15, 0.2) is 5.69 Å². The third kappa shape index (κ3) is 3.94. The lowest BCUT2D eigenvalue weighted by Crippen LogP contribution is -2.26. The SMILES string of the molecule is Cc1cc(C(=O)N(C)Cc2ccc(C#CCN)cc2)no1. The van der Waals surface area contributed by atoms with Crippen LogP contribution in [0.3, 0.4) is 0 Å². The molecule has 5 heteroatoms. The second-order valence-corrected chi connectivity index (χ2v) is 4.69. The zero-order valence-electron chi connectivity index (χ0n) is 12.1. The molecule has 0 aliphatic carbocycles. The Kier molecular flexibility index (Phi) is 4.75. The number of carbonyl (C=O) groups is 1. The van der Waals surface area contributed by atoms with E-state index in [1.165, 1.54) is 0 Å². The molecular formula is C16H17N3O2. The first-order chi connectivity index (χ1) is 10.1. The van der Waals surface area contributed by atoms with Crippen molar-refractivity contribution in [2.75, 3.05) is 13.6 Å². The molecule has 2 aromatic rings. The molecule has 0 fully saturated rings. The van der Waals surface area contributed by atoms with Crippen LogP contribution >= 0.6 is 0 Å². The first kappa shape index (κ1) is 14.8. The van der Waals surface area contributed by atoms with Gasteiger partial charge in [-0.15, -0.1) is 0 Å². The third-order valence-corrected chi connectivity index (χ3v) is 2.90. The number of aryl methyl sites for hydroxylation is 1. The highest BCUT2D eigenvalue weighted by molar-refractivity contribution is 5.92. The average Bonchev–Trinajstić information content (AvgIpc) is 2.92. The van der Waals surface area contributed by atoms with Crippen molar-refractivity contribution in [2.45, 2.75) is 13.5 Å². The van der Waals surface area contributed by atoms with Crippen LogP contribution in [0.5, 0.6) is 0 Å². The van der Waals surface area contributed by atoms with Gasteiger partial charge in [-0.25, -0.2) is 0 Å². The molecule has 0 bridgehead atoms. The van der Waals surface area contributed by atoms with Gasteiger partial charge >= 0.3 is 0 Å². The average molecular weight is 283 g/mol. The van der Waals surface area contributed by atoms with E-state index in [4.69, 9.17) is 10.3 Å². The topological polar surface area (TPSA) is 72.4 Å². The largest absolute Gasteiger partial charge is 0.361 e. The summed E-state index contributed by atoms with van der Waals surface area (Å²) in [5, 5.41) is 3.73. The maximum absolute atomic E-state index is 12.1. The van der Waals surface area contributed by atoms with E-state index in [0.29, 0.717) is 24.5 Å². The van der Waals surface area contributed by atoms with Crippen molar-refractivity contribution in [3.8, 4) is 11.8 Å². The molecule has 1 aromatic carbocycles. The Hall–Kier alpha value is -2.58. The fourth-order valence-corrected chi connectivity index (χ4v) is 1.85. The Balaban J connectivity index is 2.02. The summed E-state index contributed by atoms with van der Waals surface area (Å²) in [6.07, 6.45) is 0. The van der Waals surface area contributed by atoms with Crippen LogP contribution in [0.25, 0.3) is 0 Å². The quantitative estimate of drug-likeness (QED) is 0.868. The predicted octanol–water partition coefficient (Wildman–Crippen LogP) is 1.57. The smallest absolute Gasteiger partial charge is 0.276 e. The van der Waals surface area contributed by atoms with Crippen LogP contribution in [0.4, 0.5) is 0 Å². The number of rotatable bonds is 3. The first-order valence-electron chi connectivity index (χ1n) is 6.57. The Morgan fingerprint density at radius 1 is 1.38 bits per heavy atom. The molecule has 0 spiro atoms. The summed E-state index contributed by atoms with van der Waals surface area (Å²) in [5.41, 5.74) is 7.58. The summed E-state index contributed by atoms with van der Waals surface area (Å²) in [5.74, 6) is 6.21. The molecule has 0 radical (unpaired) electrons. The maximum Gasteiger partial charge on any atom is 0.276 e. The molecule has 1 amide bonds. The van der Waals surface area contributed by atoms with Crippen LogP contribution in [0, 0.1) is 18.8 Å². The lowest BCUT2D eigenvalue weighted by atomic mass is 10.1. The standard InChI is InChI=1S/C16H17N3O2/c1-12-10-15(18-21-12)16(20)19(2)11-14-7-5-13(6-8-14)4-3-9-17/h5-8,10H,9,11,17H2,1-2H3. The van der Waals surface area contributed by atoms with Gasteiger partial charge in [-0.3, -0.25) is 4.79 Å². The van der Waals surface area contributed by atoms with E-state index < -0.39 is 0 Å². The van der Waals surface area contributed by atoms with E-state index in [2.05, 4.69) is 17.0 Å². The van der Waals surface area contributed by atoms with Crippen molar-refractivity contribution in [1.29, 1.82) is 0 Å². The number of benzene rings is 1. The fraction of sp³-hybridized carbons (Fsp3) is 0.250. The number of hydrogen-bond acceptors (Lipinski definition) is 4. The molecular weight excluding hydrogens is 266 g/mol. The summed E-state index contributed by atoms with van der Waals surface area (Å²) in [4.78, 5) is 13.7. The molecule has 0 aliphatic heterocycles. The van der Waals surface area contributed by atoms with Gasteiger partial charge in [0, 0.05) is 25.2 Å². The van der Waals surface area contributed by atoms with Crippen molar-refractivity contribution < 1.29 is 9.32 Å². The summed E-state index contributed by atoms with van der Waals surface area (Å²) in [6.45, 7) is 2.59. The minimum atomic E-state index is -0.168. The zero-order valence-corrected chi connectivity index (χ0v) is 12.1. The monoisotopic (exact) mass is 283 g/mol. The van der Waals surface area contributed by atoms with Crippen LogP contribution in [0.2, 0.25) is 0 Å². The van der Waals surface area contributed by atoms with Crippen molar-refractivity contribution in [3.63, 3.8) is 0 Å². The molecule has 2 rings (SSSR count). The number of carbonyl (C=O) groups excluding carboxylic acids is 1. The van der Waals surface area contributed by atoms with Gasteiger partial charge in [-0.05, 0) is 24.6 Å². The van der Waals surface area contributed by atoms with Gasteiger partial charge in [-0.1, -0.05) is 29.1 Å². The molecule has 21 heavy (non-hydrogen) atoms. The third-order valence-electron chi connectivity index (χ3n) is 2.90. The molecule has 0 unspecified atom stereocenters. The summed E-state index contributed by atoms with van der Waals surface area (Å²) >= 11 is 0. The second kappa shape index (κ2) is 6.73. The van der Waals surface area contributed by atoms with Gasteiger partial charge < -0.3 is 15.2 Å². The molecule has 5 nitrogen and oxygen atoms in total. The van der Waals surface area contributed by atoms with Crippen LogP contribution in [-0.2, 0) is 6.54 Å². The Morgan fingerprint density at radius 2 is 2.10 bits per heavy atom. The second-order valence-electron chi connectivity index (χ2n) is 4.69. The summed E-state index contributed by atoms with van der Waals surface area (Å²) < 4.78 is 4.92. The van der Waals surface area contributed by atoms with Crippen LogP contribution in [-0.4, -0.2) is 29.6 Å². The fourth-order valence-electron chi connectivity index (χ4n) is 1.85. The van der Waals surface area contributed by atoms with E-state index in [-0.39, 0.29) is 5.91 Å². The van der Waals surface area contributed by atoms with E-state index in [1.807, 2.05) is 24.3 Å². The Labute approximate surface area is 123 Å². The van der Waals surface area contributed by atoms with Crippen molar-refractivity contribution in [1.82, 2.24) is 10.1 Å². The summed E-state index contributed by atoms with van der Waals surface area (Å²) in [6, 6.07) is 9.34. The van der Waals surface area contributed by atoms with Gasteiger partial charge in [0.1, 0.15) is 5.76 Å². The molecule has 1 aromatic heterocycles. The van der Waals surface area contributed by atoms with Gasteiger partial charge in [-0.2, -0.15) is 0 Å². The van der Waals surface area contributed by atoms with Crippen molar-refractivity contribution in [2.24, 2.45) is 5.73 Å². The normalized spacial score (nSPS) is 9.86. The Bertz CT molecular complexity index is 678. The highest BCUT2D eigenvalue weighted by Gasteiger charge is 2.15. The number of amides is 1. The molecule has 0 saturated carbocycles. The van der Waals surface area contributed by atoms with Crippen LogP contribution in [0.15, 0.2) is 34.9 Å². The highest BCUT2D eigenvalue weighted by Crippen LogP contribution is 2.10. The zero-order chi connectivity index (χ0) is 15.2. The molecule has 0 saturated heterocycles. The predicted molar refractivity (Wildman–Crippen MR) is 79.4 cm³/mol. The van der Waals surface area contributed by atoms with Gasteiger partial charge in [0.25, 0.3) is 5.91 Å². The minimum Gasteiger partial charge on any atom is -0.361 e. The number of nitrogens with zero attached hydrogens (tertiary/aromatic N) is 2. The molecule has 0 atom stereocenters. The lowest BCUT2D eigenvalue weighted by Gasteiger charge is -2.15. The van der Waals surface area contributed by atoms with Crippen LogP contribution < -0.4 is 5.73 Å². The van der Waals surface area contributed by atoms with Crippen LogP contribution in [0.1, 0.15) is 27.4 Å². The molecule has 0 aliphatic rings. The molecule has 2 N–H and O–H groups in total. The van der Waals surface area contributed by atoms with Crippen molar-refractivity contribution in [3.05, 3.63) is 52.9 Å². The first-order valence-corrected chi connectivity index (χ1v) is 6.57. The number of hydrogen-bond donors (Lipinski definition) is 1. The van der Waals surface area contributed by atoms with E-state index in [0.717, 1.165) is 11.1 Å². The van der Waals surface area contributed by atoms with E-state index >= 15 is 0 Å². The summed E-state index contributed by atoms with van der Waals surface area (Å²) in [7, 11) is 1.73. The molecule has 108 valence electrons. The number of nitrogens with two attached hydrogens (primary N) is 1. The molecule has 1 heterocycles. The van der Waals surface area contributed by atoms with Crippen molar-refractivity contribution >= 4 is 5.91 Å². The Morgan fingerprint density at radius 3 is 2.67 bits per heavy atom. The van der Waals surface area contributed by atoms with Gasteiger partial charge in [0.2, 0.25) is 0 Å². The number of aromatic nitrogens is 1. The highest BCUT2D eigenvalue weighted by atomic mass is 16.5. The minimum absolute atomic E-state index is 0.168. The maximum atomic E-state index is 12.1. The lowest BCUT2D eigenvalue weighted by molar-refractivity contribution is 0.0774. The van der Waals surface area contributed by atoms with E-state index in [1.54, 1.807) is 24.9 Å².